The lowest BCUT2D eigenvalue weighted by molar-refractivity contribution is 0.310. The Morgan fingerprint density at radius 3 is 2.62 bits per heavy atom. The van der Waals surface area contributed by atoms with E-state index in [2.05, 4.69) is 12.0 Å². The summed E-state index contributed by atoms with van der Waals surface area (Å²) in [5.41, 5.74) is 2.21. The second-order valence-electron chi connectivity index (χ2n) is 5.52. The lowest BCUT2D eigenvalue weighted by Gasteiger charge is -2.10. The van der Waals surface area contributed by atoms with Crippen LogP contribution in [0.4, 0.5) is 0 Å². The summed E-state index contributed by atoms with van der Waals surface area (Å²) in [7, 11) is 0. The summed E-state index contributed by atoms with van der Waals surface area (Å²) in [5.74, 6) is 1.00. The zero-order valence-corrected chi connectivity index (χ0v) is 13.3. The summed E-state index contributed by atoms with van der Waals surface area (Å²) in [6.45, 7) is 8.79. The third kappa shape index (κ3) is 3.20. The van der Waals surface area contributed by atoms with E-state index in [0.717, 1.165) is 29.8 Å². The first-order valence-corrected chi connectivity index (χ1v) is 7.56. The molecule has 0 amide bonds. The Hall–Kier alpha value is -1.97. The van der Waals surface area contributed by atoms with E-state index in [1.54, 1.807) is 0 Å². The number of aromatic nitrogens is 2. The molecule has 4 heteroatoms. The SMILES string of the molecule is CCCCOc1ccccc1-c1nn(C(C)C)c(C)c1O. The van der Waals surface area contributed by atoms with Gasteiger partial charge in [-0.3, -0.25) is 4.68 Å². The molecular formula is C17H24N2O2. The van der Waals surface area contributed by atoms with E-state index in [1.807, 2.05) is 49.7 Å². The topological polar surface area (TPSA) is 47.3 Å². The van der Waals surface area contributed by atoms with Crippen LogP contribution in [0.2, 0.25) is 0 Å². The Morgan fingerprint density at radius 2 is 2.00 bits per heavy atom. The molecule has 0 bridgehead atoms. The first-order chi connectivity index (χ1) is 10.1. The van der Waals surface area contributed by atoms with Crippen molar-refractivity contribution in [2.24, 2.45) is 0 Å². The van der Waals surface area contributed by atoms with Crippen LogP contribution in [0.1, 0.15) is 45.3 Å². The minimum Gasteiger partial charge on any atom is -0.504 e. The number of ether oxygens (including phenoxy) is 1. The van der Waals surface area contributed by atoms with Gasteiger partial charge < -0.3 is 9.84 Å². The highest BCUT2D eigenvalue weighted by atomic mass is 16.5. The highest BCUT2D eigenvalue weighted by molar-refractivity contribution is 5.72. The molecule has 1 aromatic heterocycles. The molecule has 0 aliphatic rings. The lowest BCUT2D eigenvalue weighted by Crippen LogP contribution is -2.04. The van der Waals surface area contributed by atoms with Crippen LogP contribution in [0.25, 0.3) is 11.3 Å². The molecule has 4 nitrogen and oxygen atoms in total. The molecule has 0 unspecified atom stereocenters. The van der Waals surface area contributed by atoms with Gasteiger partial charge in [-0.25, -0.2) is 0 Å². The summed E-state index contributed by atoms with van der Waals surface area (Å²) >= 11 is 0. The molecule has 114 valence electrons. The van der Waals surface area contributed by atoms with Crippen LogP contribution in [0.15, 0.2) is 24.3 Å². The molecule has 0 aliphatic heterocycles. The average molecular weight is 288 g/mol. The van der Waals surface area contributed by atoms with Gasteiger partial charge in [-0.05, 0) is 39.3 Å². The van der Waals surface area contributed by atoms with Crippen molar-refractivity contribution >= 4 is 0 Å². The van der Waals surface area contributed by atoms with Crippen molar-refractivity contribution in [2.45, 2.75) is 46.6 Å². The predicted octanol–water partition coefficient (Wildman–Crippen LogP) is 4.32. The van der Waals surface area contributed by atoms with Gasteiger partial charge in [0.25, 0.3) is 0 Å². The Bertz CT molecular complexity index is 603. The van der Waals surface area contributed by atoms with E-state index >= 15 is 0 Å². The second-order valence-corrected chi connectivity index (χ2v) is 5.52. The maximum absolute atomic E-state index is 10.4. The van der Waals surface area contributed by atoms with Gasteiger partial charge in [0.2, 0.25) is 0 Å². The van der Waals surface area contributed by atoms with Crippen LogP contribution in [0.5, 0.6) is 11.5 Å². The van der Waals surface area contributed by atoms with E-state index in [9.17, 15) is 5.11 Å². The zero-order chi connectivity index (χ0) is 15.4. The summed E-state index contributed by atoms with van der Waals surface area (Å²) in [5, 5.41) is 14.9. The molecule has 2 aromatic rings. The number of aromatic hydroxyl groups is 1. The van der Waals surface area contributed by atoms with E-state index in [4.69, 9.17) is 4.74 Å². The molecular weight excluding hydrogens is 264 g/mol. The van der Waals surface area contributed by atoms with Crippen molar-refractivity contribution in [1.82, 2.24) is 9.78 Å². The van der Waals surface area contributed by atoms with Crippen molar-refractivity contribution in [1.29, 1.82) is 0 Å². The first-order valence-electron chi connectivity index (χ1n) is 7.56. The van der Waals surface area contributed by atoms with Crippen LogP contribution in [0, 0.1) is 6.92 Å². The number of unbranched alkanes of at least 4 members (excludes halogenated alkanes) is 1. The number of hydrogen-bond acceptors (Lipinski definition) is 3. The average Bonchev–Trinajstić information content (AvgIpc) is 2.76. The van der Waals surface area contributed by atoms with Crippen molar-refractivity contribution in [3.05, 3.63) is 30.0 Å². The Morgan fingerprint density at radius 1 is 1.29 bits per heavy atom. The van der Waals surface area contributed by atoms with Crippen LogP contribution in [-0.2, 0) is 0 Å². The fourth-order valence-corrected chi connectivity index (χ4v) is 2.31. The normalized spacial score (nSPS) is 11.1. The molecule has 0 aliphatic carbocycles. The summed E-state index contributed by atoms with van der Waals surface area (Å²) in [6, 6.07) is 7.94. The summed E-state index contributed by atoms with van der Waals surface area (Å²) in [4.78, 5) is 0. The van der Waals surface area contributed by atoms with Gasteiger partial charge in [0.05, 0.1) is 12.3 Å². The first kappa shape index (κ1) is 15.4. The molecule has 0 saturated heterocycles. The van der Waals surface area contributed by atoms with E-state index in [-0.39, 0.29) is 11.8 Å². The standard InChI is InChI=1S/C17H24N2O2/c1-5-6-11-21-15-10-8-7-9-14(15)16-17(20)13(4)19(18-16)12(2)3/h7-10,12,20H,5-6,11H2,1-4H3. The third-order valence-electron chi connectivity index (χ3n) is 3.51. The van der Waals surface area contributed by atoms with Gasteiger partial charge >= 0.3 is 0 Å². The molecule has 1 N–H and O–H groups in total. The maximum Gasteiger partial charge on any atom is 0.164 e. The van der Waals surface area contributed by atoms with Gasteiger partial charge in [-0.2, -0.15) is 5.10 Å². The Labute approximate surface area is 126 Å². The van der Waals surface area contributed by atoms with Gasteiger partial charge in [-0.1, -0.05) is 25.5 Å². The maximum atomic E-state index is 10.4. The van der Waals surface area contributed by atoms with Crippen LogP contribution in [0.3, 0.4) is 0 Å². The quantitative estimate of drug-likeness (QED) is 0.805. The number of nitrogens with zero attached hydrogens (tertiary/aromatic N) is 2. The van der Waals surface area contributed by atoms with Gasteiger partial charge in [0, 0.05) is 11.6 Å². The monoisotopic (exact) mass is 288 g/mol. The Balaban J connectivity index is 2.40. The molecule has 1 heterocycles. The predicted molar refractivity (Wildman–Crippen MR) is 84.9 cm³/mol. The summed E-state index contributed by atoms with van der Waals surface area (Å²) < 4.78 is 7.68. The number of hydrogen-bond donors (Lipinski definition) is 1. The number of benzene rings is 1. The van der Waals surface area contributed by atoms with E-state index in [1.165, 1.54) is 0 Å². The summed E-state index contributed by atoms with van der Waals surface area (Å²) in [6.07, 6.45) is 2.11. The molecule has 2 rings (SSSR count). The molecule has 21 heavy (non-hydrogen) atoms. The van der Waals surface area contributed by atoms with Crippen molar-refractivity contribution < 1.29 is 9.84 Å². The van der Waals surface area contributed by atoms with Crippen LogP contribution >= 0.6 is 0 Å². The van der Waals surface area contributed by atoms with E-state index in [0.29, 0.717) is 12.3 Å². The van der Waals surface area contributed by atoms with Crippen molar-refractivity contribution in [3.63, 3.8) is 0 Å². The molecule has 1 aromatic carbocycles. The second kappa shape index (κ2) is 6.66. The fourth-order valence-electron chi connectivity index (χ4n) is 2.31. The van der Waals surface area contributed by atoms with Crippen LogP contribution < -0.4 is 4.74 Å². The number of rotatable bonds is 6. The zero-order valence-electron chi connectivity index (χ0n) is 13.3. The Kier molecular flexibility index (Phi) is 4.89. The fraction of sp³-hybridized carbons (Fsp3) is 0.471. The molecule has 0 fully saturated rings. The molecule has 0 atom stereocenters. The van der Waals surface area contributed by atoms with Crippen molar-refractivity contribution in [3.8, 4) is 22.8 Å². The minimum absolute atomic E-state index is 0.206. The number of para-hydroxylation sites is 1. The lowest BCUT2D eigenvalue weighted by atomic mass is 10.1. The van der Waals surface area contributed by atoms with Crippen molar-refractivity contribution in [2.75, 3.05) is 6.61 Å². The van der Waals surface area contributed by atoms with Gasteiger partial charge in [-0.15, -0.1) is 0 Å². The van der Waals surface area contributed by atoms with E-state index < -0.39 is 0 Å². The smallest absolute Gasteiger partial charge is 0.164 e. The highest BCUT2D eigenvalue weighted by Gasteiger charge is 2.19. The molecule has 0 spiro atoms. The molecule has 0 saturated carbocycles. The third-order valence-corrected chi connectivity index (χ3v) is 3.51. The van der Waals surface area contributed by atoms with Gasteiger partial charge in [0.1, 0.15) is 11.4 Å². The molecule has 0 radical (unpaired) electrons. The minimum atomic E-state index is 0.206. The van der Waals surface area contributed by atoms with Gasteiger partial charge in [0.15, 0.2) is 5.75 Å². The van der Waals surface area contributed by atoms with Crippen LogP contribution in [-0.4, -0.2) is 21.5 Å². The largest absolute Gasteiger partial charge is 0.504 e. The highest BCUT2D eigenvalue weighted by Crippen LogP contribution is 2.37.